The lowest BCUT2D eigenvalue weighted by Crippen LogP contribution is -2.40. The van der Waals surface area contributed by atoms with Crippen molar-refractivity contribution < 1.29 is 9.90 Å². The van der Waals surface area contributed by atoms with E-state index in [9.17, 15) is 9.90 Å². The molecule has 0 spiro atoms. The highest BCUT2D eigenvalue weighted by molar-refractivity contribution is 6.04. The van der Waals surface area contributed by atoms with Crippen molar-refractivity contribution in [2.24, 2.45) is 5.92 Å². The van der Waals surface area contributed by atoms with Crippen molar-refractivity contribution in [1.29, 1.82) is 0 Å². The summed E-state index contributed by atoms with van der Waals surface area (Å²) in [6, 6.07) is 6.21. The number of carbonyl (C=O) groups excluding carboxylic acids is 1. The second-order valence-corrected chi connectivity index (χ2v) is 6.39. The quantitative estimate of drug-likeness (QED) is 0.915. The van der Waals surface area contributed by atoms with Crippen molar-refractivity contribution in [3.8, 4) is 0 Å². The lowest BCUT2D eigenvalue weighted by atomic mass is 9.86. The molecule has 5 heteroatoms. The van der Waals surface area contributed by atoms with Crippen LogP contribution in [-0.2, 0) is 0 Å². The molecule has 1 aromatic carbocycles. The van der Waals surface area contributed by atoms with Gasteiger partial charge in [-0.3, -0.25) is 9.89 Å². The number of amides is 1. The maximum atomic E-state index is 12.8. The molecule has 0 saturated heterocycles. The highest BCUT2D eigenvalue weighted by atomic mass is 16.3. The van der Waals surface area contributed by atoms with Crippen molar-refractivity contribution in [1.82, 2.24) is 15.1 Å². The number of aliphatic hydroxyl groups is 1. The zero-order chi connectivity index (χ0) is 15.7. The van der Waals surface area contributed by atoms with E-state index in [1.807, 2.05) is 37.1 Å². The van der Waals surface area contributed by atoms with Crippen LogP contribution in [0.15, 0.2) is 18.2 Å². The van der Waals surface area contributed by atoms with Crippen LogP contribution in [-0.4, -0.2) is 45.8 Å². The average molecular weight is 301 g/mol. The number of aryl methyl sites for hydroxylation is 1. The Hall–Kier alpha value is -1.88. The molecule has 1 fully saturated rings. The Morgan fingerprint density at radius 3 is 2.77 bits per heavy atom. The molecule has 0 aliphatic heterocycles. The van der Waals surface area contributed by atoms with Crippen LogP contribution in [0, 0.1) is 12.8 Å². The zero-order valence-corrected chi connectivity index (χ0v) is 13.2. The molecule has 118 valence electrons. The van der Waals surface area contributed by atoms with E-state index in [0.717, 1.165) is 42.1 Å². The first kappa shape index (κ1) is 15.0. The van der Waals surface area contributed by atoms with E-state index in [1.165, 1.54) is 0 Å². The molecule has 1 aromatic heterocycles. The number of rotatable bonds is 3. The molecule has 0 unspecified atom stereocenters. The largest absolute Gasteiger partial charge is 0.396 e. The van der Waals surface area contributed by atoms with Gasteiger partial charge in [-0.2, -0.15) is 5.10 Å². The maximum Gasteiger partial charge on any atom is 0.274 e. The second kappa shape index (κ2) is 6.08. The molecule has 22 heavy (non-hydrogen) atoms. The first-order chi connectivity index (χ1) is 10.6. The molecule has 2 N–H and O–H groups in total. The predicted octanol–water partition coefficient (Wildman–Crippen LogP) is 2.49. The summed E-state index contributed by atoms with van der Waals surface area (Å²) >= 11 is 0. The van der Waals surface area contributed by atoms with Crippen molar-refractivity contribution in [2.75, 3.05) is 13.7 Å². The van der Waals surface area contributed by atoms with Crippen molar-refractivity contribution in [3.63, 3.8) is 0 Å². The monoisotopic (exact) mass is 301 g/mol. The van der Waals surface area contributed by atoms with E-state index in [0.29, 0.717) is 11.6 Å². The van der Waals surface area contributed by atoms with Gasteiger partial charge in [0.1, 0.15) is 0 Å². The molecule has 0 bridgehead atoms. The Morgan fingerprint density at radius 1 is 1.36 bits per heavy atom. The van der Waals surface area contributed by atoms with Crippen LogP contribution < -0.4 is 0 Å². The summed E-state index contributed by atoms with van der Waals surface area (Å²) in [4.78, 5) is 14.6. The Kier molecular flexibility index (Phi) is 4.16. The smallest absolute Gasteiger partial charge is 0.274 e. The molecule has 1 saturated carbocycles. The van der Waals surface area contributed by atoms with Crippen LogP contribution in [0.25, 0.3) is 10.9 Å². The maximum absolute atomic E-state index is 12.8. The van der Waals surface area contributed by atoms with Crippen molar-refractivity contribution in [3.05, 3.63) is 29.5 Å². The highest BCUT2D eigenvalue weighted by Crippen LogP contribution is 2.28. The molecule has 3 rings (SSSR count). The summed E-state index contributed by atoms with van der Waals surface area (Å²) in [5, 5.41) is 17.3. The third-order valence-electron chi connectivity index (χ3n) is 4.86. The summed E-state index contributed by atoms with van der Waals surface area (Å²) in [6.45, 7) is 2.27. The molecular weight excluding hydrogens is 278 g/mol. The van der Waals surface area contributed by atoms with Gasteiger partial charge in [-0.25, -0.2) is 0 Å². The zero-order valence-electron chi connectivity index (χ0n) is 13.2. The number of aromatic nitrogens is 2. The fourth-order valence-corrected chi connectivity index (χ4v) is 3.34. The fourth-order valence-electron chi connectivity index (χ4n) is 3.34. The van der Waals surface area contributed by atoms with Crippen LogP contribution in [0.4, 0.5) is 0 Å². The SMILES string of the molecule is Cc1ccc2[nH]nc(C(=O)N(C)C3CCC(CO)CC3)c2c1. The standard InChI is InChI=1S/C17H23N3O2/c1-11-3-8-15-14(9-11)16(19-18-15)17(22)20(2)13-6-4-12(10-21)5-7-13/h3,8-9,12-13,21H,4-7,10H2,1-2H3,(H,18,19). The number of H-pyrrole nitrogens is 1. The van der Waals surface area contributed by atoms with E-state index >= 15 is 0 Å². The number of nitrogens with zero attached hydrogens (tertiary/aromatic N) is 2. The summed E-state index contributed by atoms with van der Waals surface area (Å²) in [5.74, 6) is 0.373. The lowest BCUT2D eigenvalue weighted by molar-refractivity contribution is 0.0649. The summed E-state index contributed by atoms with van der Waals surface area (Å²) in [5.41, 5.74) is 2.52. The Balaban J connectivity index is 1.79. The van der Waals surface area contributed by atoms with Gasteiger partial charge in [0.15, 0.2) is 5.69 Å². The van der Waals surface area contributed by atoms with E-state index in [2.05, 4.69) is 10.2 Å². The minimum Gasteiger partial charge on any atom is -0.396 e. The number of hydrogen-bond acceptors (Lipinski definition) is 3. The molecule has 0 radical (unpaired) electrons. The molecule has 0 atom stereocenters. The Morgan fingerprint density at radius 2 is 2.09 bits per heavy atom. The molecular formula is C17H23N3O2. The predicted molar refractivity (Wildman–Crippen MR) is 85.8 cm³/mol. The number of aromatic amines is 1. The van der Waals surface area contributed by atoms with Gasteiger partial charge in [0.2, 0.25) is 0 Å². The number of carbonyl (C=O) groups is 1. The van der Waals surface area contributed by atoms with Gasteiger partial charge in [0.25, 0.3) is 5.91 Å². The number of nitrogens with one attached hydrogen (secondary N) is 1. The van der Waals surface area contributed by atoms with Crippen LogP contribution in [0.1, 0.15) is 41.7 Å². The first-order valence-electron chi connectivity index (χ1n) is 7.93. The lowest BCUT2D eigenvalue weighted by Gasteiger charge is -2.33. The van der Waals surface area contributed by atoms with Crippen LogP contribution >= 0.6 is 0 Å². The van der Waals surface area contributed by atoms with Crippen molar-refractivity contribution >= 4 is 16.8 Å². The molecule has 5 nitrogen and oxygen atoms in total. The van der Waals surface area contributed by atoms with Gasteiger partial charge in [0.05, 0.1) is 5.52 Å². The molecule has 2 aromatic rings. The topological polar surface area (TPSA) is 69.2 Å². The highest BCUT2D eigenvalue weighted by Gasteiger charge is 2.28. The Bertz CT molecular complexity index is 672. The Labute approximate surface area is 130 Å². The van der Waals surface area contributed by atoms with Gasteiger partial charge in [0, 0.05) is 25.1 Å². The summed E-state index contributed by atoms with van der Waals surface area (Å²) < 4.78 is 0. The van der Waals surface area contributed by atoms with Crippen LogP contribution in [0.2, 0.25) is 0 Å². The molecule has 1 aliphatic rings. The van der Waals surface area contributed by atoms with E-state index in [4.69, 9.17) is 0 Å². The van der Waals surface area contributed by atoms with E-state index < -0.39 is 0 Å². The summed E-state index contributed by atoms with van der Waals surface area (Å²) in [7, 11) is 1.86. The molecule has 1 amide bonds. The van der Waals surface area contributed by atoms with Crippen LogP contribution in [0.5, 0.6) is 0 Å². The number of hydrogen-bond donors (Lipinski definition) is 2. The minimum absolute atomic E-state index is 0.0238. The fraction of sp³-hybridized carbons (Fsp3) is 0.529. The van der Waals surface area contributed by atoms with Gasteiger partial charge in [-0.05, 0) is 50.7 Å². The molecule has 1 aliphatic carbocycles. The van der Waals surface area contributed by atoms with E-state index in [1.54, 1.807) is 0 Å². The van der Waals surface area contributed by atoms with E-state index in [-0.39, 0.29) is 18.6 Å². The second-order valence-electron chi connectivity index (χ2n) is 6.39. The van der Waals surface area contributed by atoms with Gasteiger partial charge < -0.3 is 10.0 Å². The normalized spacial score (nSPS) is 22.0. The van der Waals surface area contributed by atoms with Gasteiger partial charge in [-0.1, -0.05) is 11.6 Å². The molecule has 1 heterocycles. The number of benzene rings is 1. The third kappa shape index (κ3) is 2.73. The number of fused-ring (bicyclic) bond motifs is 1. The minimum atomic E-state index is -0.0238. The van der Waals surface area contributed by atoms with Crippen LogP contribution in [0.3, 0.4) is 0 Å². The van der Waals surface area contributed by atoms with Crippen molar-refractivity contribution in [2.45, 2.75) is 38.6 Å². The summed E-state index contributed by atoms with van der Waals surface area (Å²) in [6.07, 6.45) is 3.88. The average Bonchev–Trinajstić information content (AvgIpc) is 2.96. The number of aliphatic hydroxyl groups excluding tert-OH is 1. The van der Waals surface area contributed by atoms with Gasteiger partial charge in [-0.15, -0.1) is 0 Å². The third-order valence-corrected chi connectivity index (χ3v) is 4.86. The van der Waals surface area contributed by atoms with Gasteiger partial charge >= 0.3 is 0 Å². The first-order valence-corrected chi connectivity index (χ1v) is 7.93.